The summed E-state index contributed by atoms with van der Waals surface area (Å²) < 4.78 is 18.8. The first-order valence-electron chi connectivity index (χ1n) is 10.3. The molecule has 0 amide bonds. The lowest BCUT2D eigenvalue weighted by molar-refractivity contribution is 0.174. The molecule has 7 nitrogen and oxygen atoms in total. The van der Waals surface area contributed by atoms with Gasteiger partial charge in [0.25, 0.3) is 0 Å². The Morgan fingerprint density at radius 2 is 1.94 bits per heavy atom. The molecule has 3 heterocycles. The Balaban J connectivity index is 1.23. The number of fused-ring (bicyclic) bond motifs is 1. The standard InChI is InChI=1S/C23H22N4O3S2/c1-3-27-21(11-28-18-7-4-15(2)5-8-18)25-26-23(27)32-13-17-12-31-22(24-17)16-6-9-19-20(10-16)30-14-29-19/h4-10,12H,3,11,13-14H2,1-2H3. The maximum atomic E-state index is 5.89. The van der Waals surface area contributed by atoms with Crippen LogP contribution in [0.4, 0.5) is 0 Å². The molecule has 0 radical (unpaired) electrons. The van der Waals surface area contributed by atoms with E-state index < -0.39 is 0 Å². The van der Waals surface area contributed by atoms with Crippen LogP contribution >= 0.6 is 23.1 Å². The number of benzene rings is 2. The number of ether oxygens (including phenoxy) is 3. The summed E-state index contributed by atoms with van der Waals surface area (Å²) in [5.74, 6) is 3.91. The largest absolute Gasteiger partial charge is 0.486 e. The van der Waals surface area contributed by atoms with Gasteiger partial charge in [-0.05, 0) is 44.2 Å². The van der Waals surface area contributed by atoms with Crippen molar-refractivity contribution in [2.24, 2.45) is 0 Å². The van der Waals surface area contributed by atoms with Gasteiger partial charge in [-0.3, -0.25) is 0 Å². The van der Waals surface area contributed by atoms with Gasteiger partial charge in [-0.25, -0.2) is 4.98 Å². The number of thioether (sulfide) groups is 1. The highest BCUT2D eigenvalue weighted by atomic mass is 32.2. The van der Waals surface area contributed by atoms with Gasteiger partial charge in [0.2, 0.25) is 6.79 Å². The highest BCUT2D eigenvalue weighted by Gasteiger charge is 2.16. The van der Waals surface area contributed by atoms with Crippen LogP contribution in [0.2, 0.25) is 0 Å². The second-order valence-electron chi connectivity index (χ2n) is 7.25. The van der Waals surface area contributed by atoms with E-state index in [2.05, 4.69) is 34.0 Å². The number of hydrogen-bond donors (Lipinski definition) is 0. The Morgan fingerprint density at radius 1 is 1.09 bits per heavy atom. The van der Waals surface area contributed by atoms with Crippen LogP contribution in [-0.2, 0) is 18.9 Å². The second kappa shape index (κ2) is 9.22. The van der Waals surface area contributed by atoms with Crippen LogP contribution in [0.25, 0.3) is 10.6 Å². The maximum Gasteiger partial charge on any atom is 0.231 e. The van der Waals surface area contributed by atoms with Gasteiger partial charge in [-0.1, -0.05) is 29.5 Å². The highest BCUT2D eigenvalue weighted by molar-refractivity contribution is 7.98. The van der Waals surface area contributed by atoms with Gasteiger partial charge < -0.3 is 18.8 Å². The van der Waals surface area contributed by atoms with E-state index in [1.165, 1.54) is 5.56 Å². The molecule has 9 heteroatoms. The summed E-state index contributed by atoms with van der Waals surface area (Å²) in [7, 11) is 0. The molecule has 1 aliphatic heterocycles. The van der Waals surface area contributed by atoms with Crippen molar-refractivity contribution in [2.75, 3.05) is 6.79 Å². The molecule has 4 aromatic rings. The number of rotatable bonds is 8. The third-order valence-corrected chi connectivity index (χ3v) is 6.96. The summed E-state index contributed by atoms with van der Waals surface area (Å²) in [5.41, 5.74) is 3.25. The lowest BCUT2D eigenvalue weighted by Crippen LogP contribution is -2.07. The van der Waals surface area contributed by atoms with Crippen molar-refractivity contribution < 1.29 is 14.2 Å². The van der Waals surface area contributed by atoms with Crippen LogP contribution in [0.15, 0.2) is 53.0 Å². The van der Waals surface area contributed by atoms with Crippen LogP contribution in [0.5, 0.6) is 17.2 Å². The third kappa shape index (κ3) is 4.44. The minimum Gasteiger partial charge on any atom is -0.486 e. The lowest BCUT2D eigenvalue weighted by atomic mass is 10.2. The smallest absolute Gasteiger partial charge is 0.231 e. The molecular formula is C23H22N4O3S2. The van der Waals surface area contributed by atoms with Crippen molar-refractivity contribution in [3.8, 4) is 27.8 Å². The Bertz CT molecular complexity index is 1220. The topological polar surface area (TPSA) is 71.3 Å². The summed E-state index contributed by atoms with van der Waals surface area (Å²) in [6.07, 6.45) is 0. The van der Waals surface area contributed by atoms with Gasteiger partial charge in [0.05, 0.1) is 5.69 Å². The van der Waals surface area contributed by atoms with Crippen LogP contribution in [-0.4, -0.2) is 26.5 Å². The zero-order valence-corrected chi connectivity index (χ0v) is 19.4. The van der Waals surface area contributed by atoms with Crippen LogP contribution in [0.1, 0.15) is 24.0 Å². The molecule has 0 spiro atoms. The van der Waals surface area contributed by atoms with E-state index in [0.29, 0.717) is 6.61 Å². The van der Waals surface area contributed by atoms with E-state index in [1.54, 1.807) is 23.1 Å². The van der Waals surface area contributed by atoms with E-state index in [4.69, 9.17) is 19.2 Å². The van der Waals surface area contributed by atoms with E-state index >= 15 is 0 Å². The van der Waals surface area contributed by atoms with Crippen LogP contribution in [0, 0.1) is 6.92 Å². The molecule has 0 aliphatic carbocycles. The summed E-state index contributed by atoms with van der Waals surface area (Å²) in [6.45, 7) is 5.58. The van der Waals surface area contributed by atoms with E-state index in [0.717, 1.165) is 56.8 Å². The summed E-state index contributed by atoms with van der Waals surface area (Å²) in [6, 6.07) is 13.9. The second-order valence-corrected chi connectivity index (χ2v) is 9.05. The minimum absolute atomic E-state index is 0.273. The van der Waals surface area contributed by atoms with Gasteiger partial charge in [0.15, 0.2) is 22.5 Å². The molecule has 2 aromatic heterocycles. The van der Waals surface area contributed by atoms with Gasteiger partial charge in [0.1, 0.15) is 17.4 Å². The van der Waals surface area contributed by atoms with Gasteiger partial charge in [0, 0.05) is 23.2 Å². The Kier molecular flexibility index (Phi) is 6.00. The van der Waals surface area contributed by atoms with Crippen LogP contribution < -0.4 is 14.2 Å². The highest BCUT2D eigenvalue weighted by Crippen LogP contribution is 2.37. The number of hydrogen-bond acceptors (Lipinski definition) is 8. The first-order chi connectivity index (χ1) is 15.7. The average molecular weight is 467 g/mol. The fraction of sp³-hybridized carbons (Fsp3) is 0.261. The molecule has 0 fully saturated rings. The Morgan fingerprint density at radius 3 is 2.78 bits per heavy atom. The zero-order chi connectivity index (χ0) is 21.9. The van der Waals surface area contributed by atoms with Crippen LogP contribution in [0.3, 0.4) is 0 Å². The maximum absolute atomic E-state index is 5.89. The Labute approximate surface area is 194 Å². The monoisotopic (exact) mass is 466 g/mol. The molecular weight excluding hydrogens is 444 g/mol. The van der Waals surface area contributed by atoms with Crippen molar-refractivity contribution >= 4 is 23.1 Å². The summed E-state index contributed by atoms with van der Waals surface area (Å²) >= 11 is 3.25. The van der Waals surface area contributed by atoms with E-state index in [1.807, 2.05) is 42.5 Å². The van der Waals surface area contributed by atoms with Gasteiger partial charge >= 0.3 is 0 Å². The molecule has 0 atom stereocenters. The van der Waals surface area contributed by atoms with Crippen molar-refractivity contribution in [2.45, 2.75) is 37.9 Å². The number of nitrogens with zero attached hydrogens (tertiary/aromatic N) is 4. The molecule has 32 heavy (non-hydrogen) atoms. The SMILES string of the molecule is CCn1c(COc2ccc(C)cc2)nnc1SCc1csc(-c2ccc3c(c2)OCO3)n1. The molecule has 0 bridgehead atoms. The summed E-state index contributed by atoms with van der Waals surface area (Å²) in [4.78, 5) is 4.79. The average Bonchev–Trinajstić information content (AvgIpc) is 3.55. The molecule has 0 unspecified atom stereocenters. The first-order valence-corrected chi connectivity index (χ1v) is 12.1. The molecule has 2 aromatic carbocycles. The lowest BCUT2D eigenvalue weighted by Gasteiger charge is -2.08. The predicted molar refractivity (Wildman–Crippen MR) is 124 cm³/mol. The Hall–Kier alpha value is -3.04. The fourth-order valence-electron chi connectivity index (χ4n) is 3.31. The van der Waals surface area contributed by atoms with E-state index in [-0.39, 0.29) is 6.79 Å². The van der Waals surface area contributed by atoms with Crippen molar-refractivity contribution in [1.82, 2.24) is 19.7 Å². The molecule has 1 aliphatic rings. The summed E-state index contributed by atoms with van der Waals surface area (Å²) in [5, 5.41) is 12.6. The number of aryl methyl sites for hydroxylation is 1. The van der Waals surface area contributed by atoms with Crippen molar-refractivity contribution in [1.29, 1.82) is 0 Å². The van der Waals surface area contributed by atoms with Crippen molar-refractivity contribution in [3.05, 3.63) is 64.9 Å². The van der Waals surface area contributed by atoms with Gasteiger partial charge in [-0.15, -0.1) is 21.5 Å². The zero-order valence-electron chi connectivity index (χ0n) is 17.8. The van der Waals surface area contributed by atoms with E-state index in [9.17, 15) is 0 Å². The fourth-order valence-corrected chi connectivity index (χ4v) is 5.14. The number of aromatic nitrogens is 4. The molecule has 0 N–H and O–H groups in total. The molecule has 0 saturated heterocycles. The molecule has 5 rings (SSSR count). The quantitative estimate of drug-likeness (QED) is 0.325. The molecule has 164 valence electrons. The predicted octanol–water partition coefficient (Wildman–Crippen LogP) is 5.33. The van der Waals surface area contributed by atoms with Crippen molar-refractivity contribution in [3.63, 3.8) is 0 Å². The minimum atomic E-state index is 0.273. The number of thiazole rings is 1. The molecule has 0 saturated carbocycles. The normalized spacial score (nSPS) is 12.3. The van der Waals surface area contributed by atoms with Gasteiger partial charge in [-0.2, -0.15) is 0 Å². The third-order valence-electron chi connectivity index (χ3n) is 5.02. The first kappa shape index (κ1) is 20.8.